The number of hydrogen-bond acceptors (Lipinski definition) is 2. The quantitative estimate of drug-likeness (QED) is 0.734. The minimum Gasteiger partial charge on any atom is -0.361 e. The van der Waals surface area contributed by atoms with Gasteiger partial charge in [-0.3, -0.25) is 9.48 Å². The number of amides is 1. The smallest absolute Gasteiger partial charge is 0.210 e. The van der Waals surface area contributed by atoms with E-state index in [2.05, 4.69) is 30.1 Å². The van der Waals surface area contributed by atoms with Crippen LogP contribution in [0, 0.1) is 6.92 Å². The zero-order valence-corrected chi connectivity index (χ0v) is 14.8. The topological polar surface area (TPSA) is 53.9 Å². The molecule has 1 aromatic carbocycles. The van der Waals surface area contributed by atoms with Gasteiger partial charge in [-0.25, -0.2) is 0 Å². The SMILES string of the molecule is CC.Cc1ccc(-c2nn(C)c3c2CN(C=O)CC3)c2cc[nH]c12. The largest absolute Gasteiger partial charge is 0.361 e. The van der Waals surface area contributed by atoms with Crippen molar-refractivity contribution >= 4 is 17.3 Å². The Morgan fingerprint density at radius 2 is 2.04 bits per heavy atom. The Labute approximate surface area is 142 Å². The number of H-pyrrole nitrogens is 1. The number of aryl methyl sites for hydroxylation is 2. The van der Waals surface area contributed by atoms with Crippen LogP contribution in [-0.4, -0.2) is 32.6 Å². The molecule has 1 amide bonds. The molecule has 0 spiro atoms. The number of aromatic amines is 1. The van der Waals surface area contributed by atoms with E-state index in [4.69, 9.17) is 5.10 Å². The van der Waals surface area contributed by atoms with E-state index in [0.29, 0.717) is 6.54 Å². The number of nitrogens with zero attached hydrogens (tertiary/aromatic N) is 3. The molecule has 5 heteroatoms. The molecule has 4 rings (SSSR count). The lowest BCUT2D eigenvalue weighted by Gasteiger charge is -2.23. The van der Waals surface area contributed by atoms with Crippen molar-refractivity contribution in [2.75, 3.05) is 6.54 Å². The van der Waals surface area contributed by atoms with Crippen molar-refractivity contribution < 1.29 is 4.79 Å². The van der Waals surface area contributed by atoms with E-state index >= 15 is 0 Å². The Morgan fingerprint density at radius 3 is 2.79 bits per heavy atom. The maximum absolute atomic E-state index is 11.1. The molecule has 0 saturated heterocycles. The molecule has 0 radical (unpaired) electrons. The molecule has 3 heterocycles. The number of carbonyl (C=O) groups is 1. The Bertz CT molecular complexity index is 875. The minimum atomic E-state index is 0.641. The van der Waals surface area contributed by atoms with Gasteiger partial charge in [-0.05, 0) is 18.6 Å². The normalized spacial score (nSPS) is 13.4. The molecule has 0 saturated carbocycles. The number of rotatable bonds is 2. The van der Waals surface area contributed by atoms with E-state index in [-0.39, 0.29) is 0 Å². The van der Waals surface area contributed by atoms with Crippen LogP contribution >= 0.6 is 0 Å². The summed E-state index contributed by atoms with van der Waals surface area (Å²) in [5.41, 5.74) is 6.91. The molecule has 126 valence electrons. The van der Waals surface area contributed by atoms with Crippen molar-refractivity contribution in [3.8, 4) is 11.3 Å². The first-order chi connectivity index (χ1) is 11.7. The van der Waals surface area contributed by atoms with Gasteiger partial charge < -0.3 is 9.88 Å². The maximum Gasteiger partial charge on any atom is 0.210 e. The van der Waals surface area contributed by atoms with Crippen molar-refractivity contribution in [2.45, 2.75) is 33.7 Å². The Balaban J connectivity index is 0.000000815. The fraction of sp³-hybridized carbons (Fsp3) is 0.368. The van der Waals surface area contributed by atoms with Crippen LogP contribution in [-0.2, 0) is 24.8 Å². The van der Waals surface area contributed by atoms with E-state index in [9.17, 15) is 4.79 Å². The maximum atomic E-state index is 11.1. The molecule has 0 atom stereocenters. The summed E-state index contributed by atoms with van der Waals surface area (Å²) in [6.45, 7) is 7.51. The van der Waals surface area contributed by atoms with E-state index in [1.54, 1.807) is 0 Å². The lowest BCUT2D eigenvalue weighted by Crippen LogP contribution is -2.29. The Kier molecular flexibility index (Phi) is 4.42. The van der Waals surface area contributed by atoms with E-state index in [1.165, 1.54) is 22.2 Å². The molecule has 3 aromatic rings. The molecule has 0 fully saturated rings. The van der Waals surface area contributed by atoms with Crippen LogP contribution in [0.3, 0.4) is 0 Å². The summed E-state index contributed by atoms with van der Waals surface area (Å²) in [5.74, 6) is 0. The summed E-state index contributed by atoms with van der Waals surface area (Å²) in [7, 11) is 1.99. The lowest BCUT2D eigenvalue weighted by atomic mass is 9.98. The van der Waals surface area contributed by atoms with Gasteiger partial charge >= 0.3 is 0 Å². The van der Waals surface area contributed by atoms with Crippen molar-refractivity contribution in [1.82, 2.24) is 19.7 Å². The van der Waals surface area contributed by atoms with Crippen LogP contribution < -0.4 is 0 Å². The van der Waals surface area contributed by atoms with Crippen LogP contribution in [0.1, 0.15) is 30.7 Å². The predicted octanol–water partition coefficient (Wildman–Crippen LogP) is 3.42. The van der Waals surface area contributed by atoms with Gasteiger partial charge in [0.25, 0.3) is 0 Å². The highest BCUT2D eigenvalue weighted by Crippen LogP contribution is 2.34. The monoisotopic (exact) mass is 324 g/mol. The highest BCUT2D eigenvalue weighted by atomic mass is 16.1. The number of carbonyl (C=O) groups excluding carboxylic acids is 1. The second-order valence-electron chi connectivity index (χ2n) is 5.92. The second kappa shape index (κ2) is 6.51. The van der Waals surface area contributed by atoms with Gasteiger partial charge in [-0.15, -0.1) is 0 Å². The summed E-state index contributed by atoms with van der Waals surface area (Å²) in [5, 5.41) is 5.94. The fourth-order valence-corrected chi connectivity index (χ4v) is 3.43. The zero-order valence-electron chi connectivity index (χ0n) is 14.8. The van der Waals surface area contributed by atoms with Crippen LogP contribution in [0.4, 0.5) is 0 Å². The molecule has 5 nitrogen and oxygen atoms in total. The highest BCUT2D eigenvalue weighted by Gasteiger charge is 2.24. The second-order valence-corrected chi connectivity index (χ2v) is 5.92. The van der Waals surface area contributed by atoms with E-state index in [1.807, 2.05) is 36.7 Å². The summed E-state index contributed by atoms with van der Waals surface area (Å²) >= 11 is 0. The zero-order chi connectivity index (χ0) is 17.3. The first-order valence-corrected chi connectivity index (χ1v) is 8.50. The molecule has 0 bridgehead atoms. The van der Waals surface area contributed by atoms with Crippen molar-refractivity contribution in [3.05, 3.63) is 41.2 Å². The molecule has 2 aromatic heterocycles. The van der Waals surface area contributed by atoms with E-state index < -0.39 is 0 Å². The Hall–Kier alpha value is -2.56. The molecular weight excluding hydrogens is 300 g/mol. The van der Waals surface area contributed by atoms with Crippen molar-refractivity contribution in [3.63, 3.8) is 0 Å². The average molecular weight is 324 g/mol. The first kappa shape index (κ1) is 16.3. The summed E-state index contributed by atoms with van der Waals surface area (Å²) in [6.07, 6.45) is 3.76. The van der Waals surface area contributed by atoms with Crippen LogP contribution in [0.15, 0.2) is 24.4 Å². The Morgan fingerprint density at radius 1 is 1.25 bits per heavy atom. The van der Waals surface area contributed by atoms with Gasteiger partial charge in [0.15, 0.2) is 0 Å². The van der Waals surface area contributed by atoms with Gasteiger partial charge in [-0.2, -0.15) is 5.10 Å². The molecule has 1 aliphatic rings. The first-order valence-electron chi connectivity index (χ1n) is 8.50. The van der Waals surface area contributed by atoms with Crippen LogP contribution in [0.5, 0.6) is 0 Å². The van der Waals surface area contributed by atoms with Gasteiger partial charge in [0.05, 0.1) is 5.69 Å². The number of aromatic nitrogens is 3. The third-order valence-corrected chi connectivity index (χ3v) is 4.61. The number of fused-ring (bicyclic) bond motifs is 2. The molecular formula is C19H24N4O. The molecule has 1 N–H and O–H groups in total. The summed E-state index contributed by atoms with van der Waals surface area (Å²) in [4.78, 5) is 16.3. The minimum absolute atomic E-state index is 0.641. The van der Waals surface area contributed by atoms with Crippen LogP contribution in [0.2, 0.25) is 0 Å². The number of nitrogens with one attached hydrogen (secondary N) is 1. The molecule has 1 aliphatic heterocycles. The van der Waals surface area contributed by atoms with Gasteiger partial charge in [0, 0.05) is 60.5 Å². The molecule has 0 unspecified atom stereocenters. The third-order valence-electron chi connectivity index (χ3n) is 4.61. The van der Waals surface area contributed by atoms with Crippen LogP contribution in [0.25, 0.3) is 22.2 Å². The predicted molar refractivity (Wildman–Crippen MR) is 96.8 cm³/mol. The lowest BCUT2D eigenvalue weighted by molar-refractivity contribution is -0.118. The van der Waals surface area contributed by atoms with Crippen molar-refractivity contribution in [2.24, 2.45) is 7.05 Å². The van der Waals surface area contributed by atoms with E-state index in [0.717, 1.165) is 36.1 Å². The van der Waals surface area contributed by atoms with Gasteiger partial charge in [0.2, 0.25) is 6.41 Å². The molecule has 0 aliphatic carbocycles. The molecule has 24 heavy (non-hydrogen) atoms. The summed E-state index contributed by atoms with van der Waals surface area (Å²) < 4.78 is 1.96. The number of hydrogen-bond donors (Lipinski definition) is 1. The average Bonchev–Trinajstić information content (AvgIpc) is 3.23. The van der Waals surface area contributed by atoms with Gasteiger partial charge in [-0.1, -0.05) is 26.0 Å². The third kappa shape index (κ3) is 2.50. The highest BCUT2D eigenvalue weighted by molar-refractivity contribution is 5.96. The number of benzene rings is 1. The standard InChI is InChI=1S/C17H18N4O.C2H6/c1-11-3-4-12(13-5-7-18-16(11)13)17-14-9-21(10-22)8-6-15(14)20(2)19-17;1-2/h3-5,7,10,18H,6,8-9H2,1-2H3;1-2H3. The fourth-order valence-electron chi connectivity index (χ4n) is 3.43. The summed E-state index contributed by atoms with van der Waals surface area (Å²) in [6, 6.07) is 6.35. The van der Waals surface area contributed by atoms with Gasteiger partial charge in [0.1, 0.15) is 0 Å². The van der Waals surface area contributed by atoms with Crippen molar-refractivity contribution in [1.29, 1.82) is 0 Å².